The van der Waals surface area contributed by atoms with E-state index in [0.717, 1.165) is 24.3 Å². The summed E-state index contributed by atoms with van der Waals surface area (Å²) in [6.45, 7) is -1.50. The number of rotatable bonds is 4. The van der Waals surface area contributed by atoms with Crippen molar-refractivity contribution >= 4 is 0 Å². The molecular weight excluding hydrogens is 1470 g/mol. The topological polar surface area (TPSA) is 56.4 Å². The van der Waals surface area contributed by atoms with Gasteiger partial charge in [0.05, 0.1) is 0 Å². The van der Waals surface area contributed by atoms with Gasteiger partial charge in [0.2, 0.25) is 0 Å². The summed E-state index contributed by atoms with van der Waals surface area (Å²) in [6, 6.07) is -2.65. The number of alkyl halides is 12. The van der Waals surface area contributed by atoms with E-state index >= 15 is 0 Å². The number of piperidine rings is 4. The minimum atomic E-state index is -4.26. The first kappa shape index (κ1) is 70.9. The van der Waals surface area contributed by atoms with Crippen LogP contribution >= 0.6 is 0 Å². The van der Waals surface area contributed by atoms with Crippen LogP contribution in [0.5, 0.6) is 0 Å². The predicted molar refractivity (Wildman–Crippen MR) is 224 cm³/mol. The zero-order valence-corrected chi connectivity index (χ0v) is 44.8. The normalized spacial score (nSPS) is 27.5. The Bertz CT molecular complexity index is 1980. The van der Waals surface area contributed by atoms with E-state index in [1.54, 1.807) is 0 Å². The van der Waals surface area contributed by atoms with Crippen molar-refractivity contribution in [2.45, 2.75) is 100 Å². The molecule has 0 saturated carbocycles. The summed E-state index contributed by atoms with van der Waals surface area (Å²) in [5.74, 6) is -8.90. The summed E-state index contributed by atoms with van der Waals surface area (Å²) in [5.41, 5.74) is 9.77. The minimum absolute atomic E-state index is 0. The molecule has 0 aromatic heterocycles. The van der Waals surface area contributed by atoms with Gasteiger partial charge in [-0.3, -0.25) is 58.0 Å². The molecule has 0 aromatic carbocycles. The molecule has 4 heterocycles. The Balaban J connectivity index is 0.000000498. The van der Waals surface area contributed by atoms with Crippen LogP contribution in [0, 0.1) is 48.4 Å². The number of allylic oxidation sites excluding steroid dienone is 8. The minimum Gasteiger partial charge on any atom is -1.00 e. The van der Waals surface area contributed by atoms with E-state index < -0.39 is 121 Å². The third-order valence-electron chi connectivity index (χ3n) is 12.1. The van der Waals surface area contributed by atoms with Crippen LogP contribution in [0.15, 0.2) is 117 Å². The first-order chi connectivity index (χ1) is 33.5. The van der Waals surface area contributed by atoms with Crippen molar-refractivity contribution in [3.63, 3.8) is 0 Å². The molecule has 0 amide bonds. The molecule has 0 bridgehead atoms. The van der Waals surface area contributed by atoms with E-state index in [-0.39, 0.29) is 165 Å². The van der Waals surface area contributed by atoms with Gasteiger partial charge in [-0.1, -0.05) is 25.7 Å². The van der Waals surface area contributed by atoms with Crippen LogP contribution in [-0.4, -0.2) is 75.1 Å². The van der Waals surface area contributed by atoms with Crippen molar-refractivity contribution < 1.29 is 153 Å². The molecule has 76 heavy (non-hydrogen) atoms. The molecule has 0 spiro atoms. The third kappa shape index (κ3) is 20.8. The molecule has 4 nitrogen and oxygen atoms in total. The standard InChI is InChI=1S/4C12H10F5N.2ClH.2Ir/c4*13-8-2-3-9(10(14)5-8)11-4-1-7(6-18-11)12(15,16)17;;;;/h4*2,5,7,11H,1,4,6H2;2*1H;;/q4*-2;;;;/p-2. The average Bonchev–Trinajstić information content (AvgIpc) is 3.29. The maximum absolute atomic E-state index is 13.4. The van der Waals surface area contributed by atoms with Gasteiger partial charge in [0, 0.05) is 112 Å². The molecule has 8 atom stereocenters. The van der Waals surface area contributed by atoms with Crippen LogP contribution in [0.3, 0.4) is 0 Å². The molecular formula is C48H40Cl2F20Ir2N4-10. The van der Waals surface area contributed by atoms with E-state index in [4.69, 9.17) is 0 Å². The summed E-state index contributed by atoms with van der Waals surface area (Å²) in [6.07, 6.45) is -13.7. The van der Waals surface area contributed by atoms with Gasteiger partial charge in [0.1, 0.15) is 0 Å². The summed E-state index contributed by atoms with van der Waals surface area (Å²) in [4.78, 5) is 0. The molecule has 2 radical (unpaired) electrons. The number of nitrogens with zero attached hydrogens (tertiary/aromatic N) is 4. The van der Waals surface area contributed by atoms with Crippen LogP contribution in [0.2, 0.25) is 0 Å². The summed E-state index contributed by atoms with van der Waals surface area (Å²) in [5, 5.41) is 15.3. The fourth-order valence-corrected chi connectivity index (χ4v) is 8.04. The molecule has 8 aliphatic rings. The van der Waals surface area contributed by atoms with E-state index in [9.17, 15) is 87.8 Å². The quantitative estimate of drug-likeness (QED) is 0.153. The second-order valence-electron chi connectivity index (χ2n) is 17.1. The molecule has 8 rings (SSSR count). The Morgan fingerprint density at radius 3 is 0.632 bits per heavy atom. The molecule has 8 unspecified atom stereocenters. The van der Waals surface area contributed by atoms with E-state index in [2.05, 4.69) is 44.2 Å². The van der Waals surface area contributed by atoms with Crippen molar-refractivity contribution in [3.8, 4) is 0 Å². The summed E-state index contributed by atoms with van der Waals surface area (Å²) >= 11 is 0. The molecule has 4 fully saturated rings. The van der Waals surface area contributed by atoms with Crippen molar-refractivity contribution in [1.29, 1.82) is 0 Å². The van der Waals surface area contributed by atoms with Crippen LogP contribution < -0.4 is 24.8 Å². The van der Waals surface area contributed by atoms with Gasteiger partial charge in [0.25, 0.3) is 0 Å². The number of hydrogen-bond acceptors (Lipinski definition) is 0. The maximum atomic E-state index is 13.4. The monoisotopic (exact) mass is 1510 g/mol. The van der Waals surface area contributed by atoms with Crippen molar-refractivity contribution in [3.05, 3.63) is 163 Å². The SMILES string of the molecule is FC1=C[C-](F)C(C2CCC(C(F)(F)F)C[N-]2)=C=C1.FC1=C[C-](F)C(C2CCC(C(F)(F)F)C[N-]2)=C=C1.FC1=C[C-](F)C(C2CCC(C(F)(F)F)C[N-]2)=C=C1.FC1=C[C-](F)C(C2CCC(C(F)(F)F)C[N-]2)=C=C1.[Cl-].[Cl-].[Ir].[Ir]. The van der Waals surface area contributed by atoms with Crippen LogP contribution in [0.1, 0.15) is 51.4 Å². The van der Waals surface area contributed by atoms with Gasteiger partial charge in [-0.15, -0.1) is 121 Å². The zero-order valence-electron chi connectivity index (χ0n) is 38.5. The van der Waals surface area contributed by atoms with Crippen molar-refractivity contribution in [2.75, 3.05) is 26.2 Å². The molecule has 434 valence electrons. The third-order valence-corrected chi connectivity index (χ3v) is 12.1. The summed E-state index contributed by atoms with van der Waals surface area (Å²) < 4.78 is 253. The molecule has 28 heteroatoms. The first-order valence-electron chi connectivity index (χ1n) is 21.9. The van der Waals surface area contributed by atoms with Gasteiger partial charge >= 0.3 is 24.7 Å². The fraction of sp³-hybridized carbons (Fsp3) is 0.500. The second-order valence-corrected chi connectivity index (χ2v) is 17.1. The van der Waals surface area contributed by atoms with Crippen molar-refractivity contribution in [2.24, 2.45) is 23.7 Å². The Labute approximate surface area is 463 Å². The van der Waals surface area contributed by atoms with Gasteiger partial charge < -0.3 is 46.1 Å². The Hall–Kier alpha value is -3.16. The maximum Gasteiger partial charge on any atom is 0.390 e. The molecule has 4 saturated heterocycles. The summed E-state index contributed by atoms with van der Waals surface area (Å²) in [7, 11) is 0. The predicted octanol–water partition coefficient (Wildman–Crippen LogP) is 10.6. The van der Waals surface area contributed by atoms with E-state index in [0.29, 0.717) is 24.3 Å². The Morgan fingerprint density at radius 2 is 0.513 bits per heavy atom. The number of hydrogen-bond donors (Lipinski definition) is 0. The number of halogens is 22. The molecule has 4 aliphatic carbocycles. The molecule has 0 aromatic rings. The smallest absolute Gasteiger partial charge is 0.390 e. The molecule has 4 aliphatic heterocycles. The van der Waals surface area contributed by atoms with Crippen LogP contribution in [-0.2, 0) is 40.2 Å². The zero-order chi connectivity index (χ0) is 53.3. The van der Waals surface area contributed by atoms with Crippen molar-refractivity contribution in [1.82, 2.24) is 0 Å². The van der Waals surface area contributed by atoms with E-state index in [1.165, 1.54) is 0 Å². The van der Waals surface area contributed by atoms with Crippen LogP contribution in [0.25, 0.3) is 21.3 Å². The largest absolute Gasteiger partial charge is 1.00 e. The van der Waals surface area contributed by atoms with Gasteiger partial charge in [-0.2, -0.15) is 52.7 Å². The van der Waals surface area contributed by atoms with Gasteiger partial charge in [-0.05, 0) is 25.7 Å². The van der Waals surface area contributed by atoms with E-state index in [1.807, 2.05) is 0 Å². The fourth-order valence-electron chi connectivity index (χ4n) is 8.04. The average molecular weight is 1510 g/mol. The molecule has 0 N–H and O–H groups in total. The second kappa shape index (κ2) is 30.4. The van der Waals surface area contributed by atoms with Crippen LogP contribution in [0.4, 0.5) is 87.8 Å². The first-order valence-corrected chi connectivity index (χ1v) is 21.9. The van der Waals surface area contributed by atoms with Gasteiger partial charge in [0.15, 0.2) is 0 Å². The Kier molecular flexibility index (Phi) is 28.4. The Morgan fingerprint density at radius 1 is 0.342 bits per heavy atom. The van der Waals surface area contributed by atoms with Gasteiger partial charge in [-0.25, -0.2) is 0 Å².